The SMILES string of the molecule is CCCCC(N)C(=O)NCc1ccccn1. The van der Waals surface area contributed by atoms with Gasteiger partial charge in [0, 0.05) is 6.20 Å². The highest BCUT2D eigenvalue weighted by atomic mass is 16.2. The summed E-state index contributed by atoms with van der Waals surface area (Å²) in [7, 11) is 0. The van der Waals surface area contributed by atoms with E-state index in [2.05, 4.69) is 17.2 Å². The quantitative estimate of drug-likeness (QED) is 0.758. The van der Waals surface area contributed by atoms with Crippen LogP contribution in [-0.4, -0.2) is 16.9 Å². The number of nitrogens with zero attached hydrogens (tertiary/aromatic N) is 1. The lowest BCUT2D eigenvalue weighted by Gasteiger charge is -2.11. The third-order valence-corrected chi connectivity index (χ3v) is 2.38. The highest BCUT2D eigenvalue weighted by Gasteiger charge is 2.11. The van der Waals surface area contributed by atoms with Gasteiger partial charge in [-0.3, -0.25) is 9.78 Å². The molecule has 0 aromatic carbocycles. The number of nitrogens with two attached hydrogens (primary N) is 1. The van der Waals surface area contributed by atoms with E-state index in [0.717, 1.165) is 25.0 Å². The van der Waals surface area contributed by atoms with E-state index >= 15 is 0 Å². The molecule has 4 nitrogen and oxygen atoms in total. The monoisotopic (exact) mass is 221 g/mol. The molecule has 0 aliphatic rings. The topological polar surface area (TPSA) is 68.0 Å². The number of carbonyl (C=O) groups excluding carboxylic acids is 1. The normalized spacial score (nSPS) is 12.1. The number of hydrogen-bond acceptors (Lipinski definition) is 3. The number of aromatic nitrogens is 1. The fourth-order valence-electron chi connectivity index (χ4n) is 1.37. The fourth-order valence-corrected chi connectivity index (χ4v) is 1.37. The summed E-state index contributed by atoms with van der Waals surface area (Å²) in [4.78, 5) is 15.7. The van der Waals surface area contributed by atoms with Crippen molar-refractivity contribution in [1.82, 2.24) is 10.3 Å². The van der Waals surface area contributed by atoms with Crippen LogP contribution in [0.15, 0.2) is 24.4 Å². The van der Waals surface area contributed by atoms with Crippen molar-refractivity contribution in [2.24, 2.45) is 5.73 Å². The Morgan fingerprint density at radius 2 is 2.38 bits per heavy atom. The molecule has 0 aliphatic heterocycles. The van der Waals surface area contributed by atoms with E-state index in [1.54, 1.807) is 6.20 Å². The Kier molecular flexibility index (Phi) is 5.50. The molecule has 16 heavy (non-hydrogen) atoms. The van der Waals surface area contributed by atoms with E-state index in [9.17, 15) is 4.79 Å². The molecule has 0 saturated carbocycles. The molecular weight excluding hydrogens is 202 g/mol. The molecule has 1 heterocycles. The maximum Gasteiger partial charge on any atom is 0.237 e. The van der Waals surface area contributed by atoms with Gasteiger partial charge in [0.15, 0.2) is 0 Å². The van der Waals surface area contributed by atoms with Crippen molar-refractivity contribution >= 4 is 5.91 Å². The molecule has 0 saturated heterocycles. The van der Waals surface area contributed by atoms with Gasteiger partial charge in [-0.15, -0.1) is 0 Å². The number of nitrogens with one attached hydrogen (secondary N) is 1. The maximum absolute atomic E-state index is 11.6. The van der Waals surface area contributed by atoms with Gasteiger partial charge >= 0.3 is 0 Å². The first-order valence-corrected chi connectivity index (χ1v) is 5.67. The summed E-state index contributed by atoms with van der Waals surface area (Å²) in [5.41, 5.74) is 6.58. The largest absolute Gasteiger partial charge is 0.349 e. The molecule has 88 valence electrons. The van der Waals surface area contributed by atoms with Gasteiger partial charge in [0.2, 0.25) is 5.91 Å². The summed E-state index contributed by atoms with van der Waals surface area (Å²) in [5.74, 6) is -0.0981. The Hall–Kier alpha value is -1.42. The van der Waals surface area contributed by atoms with Crippen molar-refractivity contribution < 1.29 is 4.79 Å². The minimum Gasteiger partial charge on any atom is -0.349 e. The van der Waals surface area contributed by atoms with Crippen LogP contribution in [0.4, 0.5) is 0 Å². The van der Waals surface area contributed by atoms with Gasteiger partial charge in [0.1, 0.15) is 0 Å². The Labute approximate surface area is 96.3 Å². The van der Waals surface area contributed by atoms with Crippen LogP contribution in [0.1, 0.15) is 31.9 Å². The predicted octanol–water partition coefficient (Wildman–Crippen LogP) is 1.22. The summed E-state index contributed by atoms with van der Waals surface area (Å²) < 4.78 is 0. The molecule has 1 aromatic heterocycles. The fraction of sp³-hybridized carbons (Fsp3) is 0.500. The van der Waals surface area contributed by atoms with E-state index in [-0.39, 0.29) is 5.91 Å². The van der Waals surface area contributed by atoms with Crippen LogP contribution < -0.4 is 11.1 Å². The molecule has 0 radical (unpaired) electrons. The van der Waals surface area contributed by atoms with Crippen LogP contribution in [0.2, 0.25) is 0 Å². The minimum atomic E-state index is -0.399. The smallest absolute Gasteiger partial charge is 0.237 e. The van der Waals surface area contributed by atoms with Crippen LogP contribution in [0.3, 0.4) is 0 Å². The summed E-state index contributed by atoms with van der Waals surface area (Å²) in [5, 5.41) is 2.78. The zero-order valence-corrected chi connectivity index (χ0v) is 9.65. The van der Waals surface area contributed by atoms with Crippen molar-refractivity contribution in [2.45, 2.75) is 38.8 Å². The second-order valence-corrected chi connectivity index (χ2v) is 3.79. The molecule has 1 unspecified atom stereocenters. The van der Waals surface area contributed by atoms with E-state index in [1.807, 2.05) is 18.2 Å². The van der Waals surface area contributed by atoms with Gasteiger partial charge in [0.05, 0.1) is 18.3 Å². The third-order valence-electron chi connectivity index (χ3n) is 2.38. The van der Waals surface area contributed by atoms with Gasteiger partial charge in [-0.25, -0.2) is 0 Å². The third kappa shape index (κ3) is 4.40. The lowest BCUT2D eigenvalue weighted by atomic mass is 10.1. The van der Waals surface area contributed by atoms with E-state index < -0.39 is 6.04 Å². The van der Waals surface area contributed by atoms with E-state index in [0.29, 0.717) is 6.54 Å². The molecule has 1 rings (SSSR count). The molecule has 1 amide bonds. The first-order chi connectivity index (χ1) is 7.74. The molecule has 1 aromatic rings. The highest BCUT2D eigenvalue weighted by molar-refractivity contribution is 5.81. The van der Waals surface area contributed by atoms with Gasteiger partial charge in [-0.05, 0) is 18.6 Å². The number of amides is 1. The summed E-state index contributed by atoms with van der Waals surface area (Å²) in [6.07, 6.45) is 4.49. The number of unbranched alkanes of at least 4 members (excludes halogenated alkanes) is 1. The van der Waals surface area contributed by atoms with Crippen molar-refractivity contribution in [1.29, 1.82) is 0 Å². The maximum atomic E-state index is 11.6. The number of carbonyl (C=O) groups is 1. The molecule has 4 heteroatoms. The number of hydrogen-bond donors (Lipinski definition) is 2. The molecule has 3 N–H and O–H groups in total. The lowest BCUT2D eigenvalue weighted by molar-refractivity contribution is -0.122. The van der Waals surface area contributed by atoms with Gasteiger partial charge in [-0.1, -0.05) is 25.8 Å². The van der Waals surface area contributed by atoms with Gasteiger partial charge in [-0.2, -0.15) is 0 Å². The zero-order chi connectivity index (χ0) is 11.8. The molecule has 0 bridgehead atoms. The van der Waals surface area contributed by atoms with Crippen molar-refractivity contribution in [3.8, 4) is 0 Å². The Morgan fingerprint density at radius 1 is 1.56 bits per heavy atom. The Bertz CT molecular complexity index is 313. The second-order valence-electron chi connectivity index (χ2n) is 3.79. The summed E-state index contributed by atoms with van der Waals surface area (Å²) in [6, 6.07) is 5.21. The zero-order valence-electron chi connectivity index (χ0n) is 9.65. The molecular formula is C12H19N3O. The number of rotatable bonds is 6. The number of pyridine rings is 1. The van der Waals surface area contributed by atoms with E-state index in [4.69, 9.17) is 5.73 Å². The lowest BCUT2D eigenvalue weighted by Crippen LogP contribution is -2.40. The molecule has 1 atom stereocenters. The Morgan fingerprint density at radius 3 is 3.00 bits per heavy atom. The van der Waals surface area contributed by atoms with Crippen LogP contribution in [0, 0.1) is 0 Å². The van der Waals surface area contributed by atoms with Crippen molar-refractivity contribution in [3.63, 3.8) is 0 Å². The van der Waals surface area contributed by atoms with Crippen molar-refractivity contribution in [3.05, 3.63) is 30.1 Å². The first-order valence-electron chi connectivity index (χ1n) is 5.67. The predicted molar refractivity (Wildman–Crippen MR) is 63.6 cm³/mol. The second kappa shape index (κ2) is 6.95. The van der Waals surface area contributed by atoms with Crippen molar-refractivity contribution in [2.75, 3.05) is 0 Å². The molecule has 0 fully saturated rings. The van der Waals surface area contributed by atoms with Crippen LogP contribution in [0.5, 0.6) is 0 Å². The minimum absolute atomic E-state index is 0.0981. The first kappa shape index (κ1) is 12.6. The standard InChI is InChI=1S/C12H19N3O/c1-2-3-7-11(13)12(16)15-9-10-6-4-5-8-14-10/h4-6,8,11H,2-3,7,9,13H2,1H3,(H,15,16). The van der Waals surface area contributed by atoms with Crippen LogP contribution in [-0.2, 0) is 11.3 Å². The average Bonchev–Trinajstić information content (AvgIpc) is 2.34. The van der Waals surface area contributed by atoms with Crippen LogP contribution in [0.25, 0.3) is 0 Å². The summed E-state index contributed by atoms with van der Waals surface area (Å²) in [6.45, 7) is 2.53. The van der Waals surface area contributed by atoms with E-state index in [1.165, 1.54) is 0 Å². The summed E-state index contributed by atoms with van der Waals surface area (Å²) >= 11 is 0. The Balaban J connectivity index is 2.29. The molecule has 0 spiro atoms. The van der Waals surface area contributed by atoms with Gasteiger partial charge in [0.25, 0.3) is 0 Å². The highest BCUT2D eigenvalue weighted by Crippen LogP contribution is 1.99. The van der Waals surface area contributed by atoms with Crippen LogP contribution >= 0.6 is 0 Å². The average molecular weight is 221 g/mol. The molecule has 0 aliphatic carbocycles. The van der Waals surface area contributed by atoms with Gasteiger partial charge < -0.3 is 11.1 Å².